The molecule has 1 fully saturated rings. The fourth-order valence-corrected chi connectivity index (χ4v) is 2.49. The zero-order chi connectivity index (χ0) is 14.4. The molecule has 0 radical (unpaired) electrons. The lowest BCUT2D eigenvalue weighted by atomic mass is 9.93. The highest BCUT2D eigenvalue weighted by molar-refractivity contribution is 5.13. The summed E-state index contributed by atoms with van der Waals surface area (Å²) < 4.78 is 11.3. The number of nitrogens with two attached hydrogens (primary N) is 1. The Morgan fingerprint density at radius 1 is 1.15 bits per heavy atom. The summed E-state index contributed by atoms with van der Waals surface area (Å²) in [4.78, 5) is 8.38. The molecule has 1 saturated carbocycles. The van der Waals surface area contributed by atoms with Crippen molar-refractivity contribution in [2.75, 3.05) is 6.61 Å². The summed E-state index contributed by atoms with van der Waals surface area (Å²) in [6, 6.07) is 0. The second-order valence-corrected chi connectivity index (χ2v) is 5.93. The molecule has 0 unspecified atom stereocenters. The van der Waals surface area contributed by atoms with Gasteiger partial charge in [-0.25, -0.2) is 0 Å². The molecule has 112 valence electrons. The summed E-state index contributed by atoms with van der Waals surface area (Å²) >= 11 is 0. The average molecular weight is 279 g/mol. The van der Waals surface area contributed by atoms with Gasteiger partial charge in [0.25, 0.3) is 0 Å². The topological polar surface area (TPSA) is 70.3 Å². The summed E-state index contributed by atoms with van der Waals surface area (Å²) in [6.07, 6.45) is 10.2. The van der Waals surface area contributed by atoms with Crippen LogP contribution in [-0.4, -0.2) is 28.2 Å². The lowest BCUT2D eigenvalue weighted by Crippen LogP contribution is -2.45. The summed E-state index contributed by atoms with van der Waals surface area (Å²) in [5, 5.41) is 0. The highest BCUT2D eigenvalue weighted by Gasteiger charge is 2.27. The first-order valence-electron chi connectivity index (χ1n) is 7.48. The molecule has 0 saturated heterocycles. The molecule has 1 heterocycles. The van der Waals surface area contributed by atoms with E-state index in [0.29, 0.717) is 18.4 Å². The van der Waals surface area contributed by atoms with Crippen LogP contribution >= 0.6 is 0 Å². The molecule has 0 aliphatic heterocycles. The van der Waals surface area contributed by atoms with Crippen molar-refractivity contribution in [1.29, 1.82) is 0 Å². The third-order valence-electron chi connectivity index (χ3n) is 3.55. The van der Waals surface area contributed by atoms with E-state index in [1.165, 1.54) is 25.7 Å². The molecular formula is C15H25N3O2. The Labute approximate surface area is 120 Å². The third-order valence-corrected chi connectivity index (χ3v) is 3.55. The van der Waals surface area contributed by atoms with Gasteiger partial charge in [0.1, 0.15) is 6.61 Å². The van der Waals surface area contributed by atoms with E-state index in [9.17, 15) is 0 Å². The van der Waals surface area contributed by atoms with Crippen molar-refractivity contribution in [3.63, 3.8) is 0 Å². The molecule has 1 aliphatic rings. The zero-order valence-electron chi connectivity index (χ0n) is 12.5. The first kappa shape index (κ1) is 15.0. The lowest BCUT2D eigenvalue weighted by molar-refractivity contribution is 0.186. The molecule has 2 rings (SSSR count). The normalized spacial score (nSPS) is 18.6. The number of aromatic nitrogens is 2. The maximum atomic E-state index is 6.42. The van der Waals surface area contributed by atoms with Crippen LogP contribution in [0.4, 0.5) is 0 Å². The Bertz CT molecular complexity index is 415. The van der Waals surface area contributed by atoms with E-state index in [4.69, 9.17) is 15.2 Å². The van der Waals surface area contributed by atoms with E-state index in [1.807, 2.05) is 13.8 Å². The maximum absolute atomic E-state index is 6.42. The van der Waals surface area contributed by atoms with Gasteiger partial charge in [0.2, 0.25) is 11.8 Å². The summed E-state index contributed by atoms with van der Waals surface area (Å²) in [6.45, 7) is 4.40. The van der Waals surface area contributed by atoms with Crippen LogP contribution in [0.1, 0.15) is 52.4 Å². The molecule has 0 spiro atoms. The van der Waals surface area contributed by atoms with Gasteiger partial charge < -0.3 is 15.2 Å². The fourth-order valence-electron chi connectivity index (χ4n) is 2.49. The highest BCUT2D eigenvalue weighted by atomic mass is 16.5. The van der Waals surface area contributed by atoms with Crippen LogP contribution in [0.15, 0.2) is 12.4 Å². The molecule has 0 aromatic carbocycles. The van der Waals surface area contributed by atoms with E-state index in [-0.39, 0.29) is 11.6 Å². The smallest absolute Gasteiger partial charge is 0.235 e. The number of hydrogen-bond acceptors (Lipinski definition) is 5. The van der Waals surface area contributed by atoms with E-state index in [2.05, 4.69) is 9.97 Å². The van der Waals surface area contributed by atoms with Crippen molar-refractivity contribution >= 4 is 0 Å². The molecule has 0 amide bonds. The molecule has 5 nitrogen and oxygen atoms in total. The van der Waals surface area contributed by atoms with Crippen LogP contribution in [0.25, 0.3) is 0 Å². The Morgan fingerprint density at radius 2 is 1.80 bits per heavy atom. The zero-order valence-corrected chi connectivity index (χ0v) is 12.5. The van der Waals surface area contributed by atoms with Crippen molar-refractivity contribution in [2.24, 2.45) is 5.73 Å². The minimum absolute atomic E-state index is 0.0715. The summed E-state index contributed by atoms with van der Waals surface area (Å²) in [7, 11) is 0. The van der Waals surface area contributed by atoms with Gasteiger partial charge >= 0.3 is 0 Å². The first-order valence-corrected chi connectivity index (χ1v) is 7.48. The van der Waals surface area contributed by atoms with Gasteiger partial charge in [0.05, 0.1) is 24.0 Å². The SMILES string of the molecule is CC(C)Oc1cncc(OCC2(N)CCCCCC2)n1. The van der Waals surface area contributed by atoms with Crippen molar-refractivity contribution in [3.05, 3.63) is 12.4 Å². The number of ether oxygens (including phenoxy) is 2. The Morgan fingerprint density at radius 3 is 2.45 bits per heavy atom. The molecule has 1 aromatic heterocycles. The Kier molecular flexibility index (Phi) is 5.17. The molecule has 20 heavy (non-hydrogen) atoms. The van der Waals surface area contributed by atoms with Crippen LogP contribution in [0.2, 0.25) is 0 Å². The second kappa shape index (κ2) is 6.88. The van der Waals surface area contributed by atoms with Crippen LogP contribution in [0, 0.1) is 0 Å². The monoisotopic (exact) mass is 279 g/mol. The van der Waals surface area contributed by atoms with E-state index in [0.717, 1.165) is 12.8 Å². The predicted octanol–water partition coefficient (Wildman–Crippen LogP) is 2.69. The first-order chi connectivity index (χ1) is 9.57. The predicted molar refractivity (Wildman–Crippen MR) is 77.9 cm³/mol. The summed E-state index contributed by atoms with van der Waals surface area (Å²) in [5.41, 5.74) is 6.19. The minimum Gasteiger partial charge on any atom is -0.475 e. The standard InChI is InChI=1S/C15H25N3O2/c1-12(2)20-14-10-17-9-13(18-14)19-11-15(16)7-5-3-4-6-8-15/h9-10,12H,3-8,11,16H2,1-2H3. The van der Waals surface area contributed by atoms with Gasteiger partial charge in [-0.15, -0.1) is 0 Å². The number of rotatable bonds is 5. The van der Waals surface area contributed by atoms with Gasteiger partial charge in [0, 0.05) is 0 Å². The average Bonchev–Trinajstić information content (AvgIpc) is 2.62. The lowest BCUT2D eigenvalue weighted by Gasteiger charge is -2.27. The molecule has 1 aliphatic carbocycles. The van der Waals surface area contributed by atoms with Crippen LogP contribution in [0.3, 0.4) is 0 Å². The van der Waals surface area contributed by atoms with Gasteiger partial charge in [-0.3, -0.25) is 4.98 Å². The molecule has 0 atom stereocenters. The Hall–Kier alpha value is -1.36. The fraction of sp³-hybridized carbons (Fsp3) is 0.733. The number of hydrogen-bond donors (Lipinski definition) is 1. The van der Waals surface area contributed by atoms with Gasteiger partial charge in [0.15, 0.2) is 0 Å². The largest absolute Gasteiger partial charge is 0.475 e. The van der Waals surface area contributed by atoms with E-state index < -0.39 is 0 Å². The third kappa shape index (κ3) is 4.63. The molecule has 2 N–H and O–H groups in total. The maximum Gasteiger partial charge on any atom is 0.235 e. The van der Waals surface area contributed by atoms with Crippen molar-refractivity contribution in [3.8, 4) is 11.8 Å². The van der Waals surface area contributed by atoms with Crippen molar-refractivity contribution in [2.45, 2.75) is 64.0 Å². The van der Waals surface area contributed by atoms with Crippen LogP contribution < -0.4 is 15.2 Å². The van der Waals surface area contributed by atoms with Gasteiger partial charge in [-0.1, -0.05) is 25.7 Å². The van der Waals surface area contributed by atoms with Gasteiger partial charge in [-0.2, -0.15) is 4.98 Å². The minimum atomic E-state index is -0.229. The van der Waals surface area contributed by atoms with Gasteiger partial charge in [-0.05, 0) is 26.7 Å². The second-order valence-electron chi connectivity index (χ2n) is 5.93. The van der Waals surface area contributed by atoms with Crippen molar-refractivity contribution < 1.29 is 9.47 Å². The van der Waals surface area contributed by atoms with E-state index >= 15 is 0 Å². The molecule has 5 heteroatoms. The molecule has 1 aromatic rings. The molecular weight excluding hydrogens is 254 g/mol. The summed E-state index contributed by atoms with van der Waals surface area (Å²) in [5.74, 6) is 0.974. The van der Waals surface area contributed by atoms with Crippen molar-refractivity contribution in [1.82, 2.24) is 9.97 Å². The van der Waals surface area contributed by atoms with Crippen LogP contribution in [-0.2, 0) is 0 Å². The quantitative estimate of drug-likeness (QED) is 0.839. The number of nitrogens with zero attached hydrogens (tertiary/aromatic N) is 2. The van der Waals surface area contributed by atoms with Crippen LogP contribution in [0.5, 0.6) is 11.8 Å². The molecule has 0 bridgehead atoms. The van der Waals surface area contributed by atoms with E-state index in [1.54, 1.807) is 12.4 Å². The Balaban J connectivity index is 1.92. The highest BCUT2D eigenvalue weighted by Crippen LogP contribution is 2.25.